The molecule has 0 heterocycles. The number of hydrogen-bond donors (Lipinski definition) is 1. The van der Waals surface area contributed by atoms with E-state index < -0.39 is 0 Å². The molecule has 0 aliphatic heterocycles. The summed E-state index contributed by atoms with van der Waals surface area (Å²) >= 11 is 0. The van der Waals surface area contributed by atoms with Crippen LogP contribution in [0.3, 0.4) is 0 Å². The molecule has 1 amide bonds. The van der Waals surface area contributed by atoms with Gasteiger partial charge in [0.2, 0.25) is 0 Å². The molecule has 0 bridgehead atoms. The van der Waals surface area contributed by atoms with Crippen LogP contribution >= 0.6 is 0 Å². The third kappa shape index (κ3) is 4.38. The molecule has 128 valence electrons. The van der Waals surface area contributed by atoms with E-state index in [2.05, 4.69) is 50.4 Å². The first kappa shape index (κ1) is 18.1. The van der Waals surface area contributed by atoms with Crippen molar-refractivity contribution >= 4 is 5.91 Å². The van der Waals surface area contributed by atoms with Gasteiger partial charge in [-0.3, -0.25) is 4.79 Å². The van der Waals surface area contributed by atoms with Crippen molar-refractivity contribution < 1.29 is 9.53 Å². The molecule has 1 unspecified atom stereocenters. The number of nitrogens with one attached hydrogen (secondary N) is 1. The molecule has 0 aromatic heterocycles. The second-order valence-electron chi connectivity index (χ2n) is 7.01. The van der Waals surface area contributed by atoms with Gasteiger partial charge in [0, 0.05) is 11.6 Å². The largest absolute Gasteiger partial charge is 0.496 e. The van der Waals surface area contributed by atoms with Gasteiger partial charge in [-0.05, 0) is 55.0 Å². The molecule has 24 heavy (non-hydrogen) atoms. The van der Waals surface area contributed by atoms with Crippen LogP contribution in [0.5, 0.6) is 5.75 Å². The minimum absolute atomic E-state index is 0.00375. The average molecular weight is 325 g/mol. The predicted molar refractivity (Wildman–Crippen MR) is 98.7 cm³/mol. The van der Waals surface area contributed by atoms with Gasteiger partial charge in [0.1, 0.15) is 5.75 Å². The van der Waals surface area contributed by atoms with Crippen molar-refractivity contribution in [2.45, 2.75) is 45.6 Å². The minimum Gasteiger partial charge on any atom is -0.496 e. The van der Waals surface area contributed by atoms with Gasteiger partial charge < -0.3 is 10.1 Å². The van der Waals surface area contributed by atoms with Crippen molar-refractivity contribution in [1.82, 2.24) is 5.32 Å². The number of amides is 1. The van der Waals surface area contributed by atoms with Crippen LogP contribution in [0.1, 0.15) is 48.7 Å². The summed E-state index contributed by atoms with van der Waals surface area (Å²) in [6.07, 6.45) is 0.873. The highest BCUT2D eigenvalue weighted by Crippen LogP contribution is 2.28. The summed E-state index contributed by atoms with van der Waals surface area (Å²) in [6.45, 7) is 8.42. The fourth-order valence-corrected chi connectivity index (χ4v) is 3.15. The Labute approximate surface area is 145 Å². The lowest BCUT2D eigenvalue weighted by atomic mass is 9.79. The van der Waals surface area contributed by atoms with Gasteiger partial charge in [-0.2, -0.15) is 0 Å². The van der Waals surface area contributed by atoms with Crippen molar-refractivity contribution in [1.29, 1.82) is 0 Å². The Morgan fingerprint density at radius 3 is 2.42 bits per heavy atom. The Morgan fingerprint density at radius 1 is 1.17 bits per heavy atom. The van der Waals surface area contributed by atoms with Gasteiger partial charge >= 0.3 is 0 Å². The zero-order chi connectivity index (χ0) is 17.7. The number of carbonyl (C=O) groups excluding carboxylic acids is 1. The second kappa shape index (κ2) is 7.52. The molecule has 0 saturated carbocycles. The number of benzene rings is 2. The number of ether oxygens (including phenoxy) is 1. The molecule has 0 aliphatic carbocycles. The van der Waals surface area contributed by atoms with Gasteiger partial charge in [0.05, 0.1) is 7.11 Å². The lowest BCUT2D eigenvalue weighted by Crippen LogP contribution is -2.37. The van der Waals surface area contributed by atoms with Crippen molar-refractivity contribution in [2.75, 3.05) is 7.11 Å². The number of methoxy groups -OCH3 is 1. The second-order valence-corrected chi connectivity index (χ2v) is 7.01. The third-order valence-electron chi connectivity index (χ3n) is 4.41. The van der Waals surface area contributed by atoms with Crippen LogP contribution in [0.25, 0.3) is 0 Å². The summed E-state index contributed by atoms with van der Waals surface area (Å²) in [7, 11) is 1.63. The van der Waals surface area contributed by atoms with Crippen molar-refractivity contribution in [3.8, 4) is 5.75 Å². The van der Waals surface area contributed by atoms with Crippen LogP contribution in [-0.2, 0) is 5.41 Å². The van der Waals surface area contributed by atoms with E-state index in [-0.39, 0.29) is 17.4 Å². The van der Waals surface area contributed by atoms with Crippen LogP contribution in [-0.4, -0.2) is 19.1 Å². The molecule has 1 atom stereocenters. The Hall–Kier alpha value is -2.29. The number of carbonyl (C=O) groups is 1. The maximum atomic E-state index is 12.5. The lowest BCUT2D eigenvalue weighted by Gasteiger charge is -2.29. The van der Waals surface area contributed by atoms with Gasteiger partial charge in [-0.25, -0.2) is 0 Å². The number of aryl methyl sites for hydroxylation is 1. The van der Waals surface area contributed by atoms with Crippen LogP contribution in [0.2, 0.25) is 0 Å². The molecule has 2 aromatic rings. The Balaban J connectivity index is 2.02. The van der Waals surface area contributed by atoms with Crippen LogP contribution in [0, 0.1) is 6.92 Å². The van der Waals surface area contributed by atoms with E-state index >= 15 is 0 Å². The highest BCUT2D eigenvalue weighted by Gasteiger charge is 2.24. The van der Waals surface area contributed by atoms with Gasteiger partial charge in [-0.15, -0.1) is 0 Å². The highest BCUT2D eigenvalue weighted by molar-refractivity contribution is 5.94. The molecule has 3 heteroatoms. The molecule has 0 saturated heterocycles. The predicted octanol–water partition coefficient (Wildman–Crippen LogP) is 4.49. The van der Waals surface area contributed by atoms with Crippen LogP contribution < -0.4 is 10.1 Å². The van der Waals surface area contributed by atoms with E-state index in [0.717, 1.165) is 17.7 Å². The molecular formula is C21H27NO2. The SMILES string of the molecule is COc1ccc(C(=O)NC(C)CC(C)(C)c2ccccc2)cc1C. The third-order valence-corrected chi connectivity index (χ3v) is 4.41. The zero-order valence-electron chi connectivity index (χ0n) is 15.2. The molecule has 2 rings (SSSR count). The first-order chi connectivity index (χ1) is 11.3. The van der Waals surface area contributed by atoms with E-state index in [0.29, 0.717) is 5.56 Å². The standard InChI is InChI=1S/C21H27NO2/c1-15-13-17(11-12-19(15)24-5)20(23)22-16(2)14-21(3,4)18-9-7-6-8-10-18/h6-13,16H,14H2,1-5H3,(H,22,23). The first-order valence-corrected chi connectivity index (χ1v) is 8.34. The van der Waals surface area contributed by atoms with Gasteiger partial charge in [-0.1, -0.05) is 44.2 Å². The average Bonchev–Trinajstić information content (AvgIpc) is 2.55. The molecule has 1 N–H and O–H groups in total. The van der Waals surface area contributed by atoms with E-state index in [1.54, 1.807) is 13.2 Å². The molecular weight excluding hydrogens is 298 g/mol. The number of hydrogen-bond acceptors (Lipinski definition) is 2. The Morgan fingerprint density at radius 2 is 1.83 bits per heavy atom. The Bertz CT molecular complexity index is 692. The maximum Gasteiger partial charge on any atom is 0.251 e. The molecule has 0 fully saturated rings. The highest BCUT2D eigenvalue weighted by atomic mass is 16.5. The topological polar surface area (TPSA) is 38.3 Å². The Kier molecular flexibility index (Phi) is 5.66. The van der Waals surface area contributed by atoms with E-state index in [1.807, 2.05) is 25.1 Å². The molecule has 0 aliphatic rings. The first-order valence-electron chi connectivity index (χ1n) is 8.34. The molecule has 2 aromatic carbocycles. The van der Waals surface area contributed by atoms with Crippen LogP contribution in [0.15, 0.2) is 48.5 Å². The summed E-state index contributed by atoms with van der Waals surface area (Å²) in [5, 5.41) is 3.11. The van der Waals surface area contributed by atoms with Gasteiger partial charge in [0.15, 0.2) is 0 Å². The monoisotopic (exact) mass is 325 g/mol. The maximum absolute atomic E-state index is 12.5. The van der Waals surface area contributed by atoms with E-state index in [9.17, 15) is 4.79 Å². The molecule has 0 radical (unpaired) electrons. The normalized spacial score (nSPS) is 12.5. The summed E-state index contributed by atoms with van der Waals surface area (Å²) in [5.41, 5.74) is 2.91. The minimum atomic E-state index is -0.0443. The fraction of sp³-hybridized carbons (Fsp3) is 0.381. The van der Waals surface area contributed by atoms with Crippen molar-refractivity contribution in [2.24, 2.45) is 0 Å². The zero-order valence-corrected chi connectivity index (χ0v) is 15.2. The summed E-state index contributed by atoms with van der Waals surface area (Å²) in [5.74, 6) is 0.752. The number of rotatable bonds is 6. The summed E-state index contributed by atoms with van der Waals surface area (Å²) < 4.78 is 5.24. The quantitative estimate of drug-likeness (QED) is 0.850. The lowest BCUT2D eigenvalue weighted by molar-refractivity contribution is 0.0934. The van der Waals surface area contributed by atoms with E-state index in [4.69, 9.17) is 4.74 Å². The molecule has 3 nitrogen and oxygen atoms in total. The summed E-state index contributed by atoms with van der Waals surface area (Å²) in [4.78, 5) is 12.5. The molecule has 0 spiro atoms. The van der Waals surface area contributed by atoms with Crippen molar-refractivity contribution in [3.63, 3.8) is 0 Å². The van der Waals surface area contributed by atoms with E-state index in [1.165, 1.54) is 5.56 Å². The van der Waals surface area contributed by atoms with Crippen molar-refractivity contribution in [3.05, 3.63) is 65.2 Å². The van der Waals surface area contributed by atoms with Crippen LogP contribution in [0.4, 0.5) is 0 Å². The summed E-state index contributed by atoms with van der Waals surface area (Å²) in [6, 6.07) is 16.0. The van der Waals surface area contributed by atoms with Gasteiger partial charge in [0.25, 0.3) is 5.91 Å². The smallest absolute Gasteiger partial charge is 0.251 e. The fourth-order valence-electron chi connectivity index (χ4n) is 3.15.